The molecular formula is C23H29N3O3. The van der Waals surface area contributed by atoms with Gasteiger partial charge in [0.1, 0.15) is 12.2 Å². The maximum absolute atomic E-state index is 12.6. The van der Waals surface area contributed by atoms with E-state index < -0.39 is 0 Å². The van der Waals surface area contributed by atoms with E-state index in [2.05, 4.69) is 17.1 Å². The molecule has 2 aromatic rings. The summed E-state index contributed by atoms with van der Waals surface area (Å²) < 4.78 is 5.20. The van der Waals surface area contributed by atoms with Crippen molar-refractivity contribution in [3.8, 4) is 5.75 Å². The zero-order chi connectivity index (χ0) is 20.8. The molecule has 1 N–H and O–H groups in total. The summed E-state index contributed by atoms with van der Waals surface area (Å²) in [5.41, 5.74) is 4.04. The van der Waals surface area contributed by atoms with E-state index in [9.17, 15) is 9.59 Å². The van der Waals surface area contributed by atoms with Crippen LogP contribution in [-0.2, 0) is 16.0 Å². The Morgan fingerprint density at radius 2 is 1.72 bits per heavy atom. The molecule has 0 bridgehead atoms. The molecule has 1 heterocycles. The largest absolute Gasteiger partial charge is 0.497 e. The molecule has 0 saturated carbocycles. The van der Waals surface area contributed by atoms with Crippen LogP contribution in [0.3, 0.4) is 0 Å². The van der Waals surface area contributed by atoms with Crippen molar-refractivity contribution in [1.82, 2.24) is 4.90 Å². The van der Waals surface area contributed by atoms with Gasteiger partial charge in [-0.3, -0.25) is 9.59 Å². The number of carbonyl (C=O) groups is 2. The zero-order valence-corrected chi connectivity index (χ0v) is 17.4. The first kappa shape index (κ1) is 20.7. The molecule has 0 aromatic heterocycles. The van der Waals surface area contributed by atoms with Crippen molar-refractivity contribution >= 4 is 23.2 Å². The summed E-state index contributed by atoms with van der Waals surface area (Å²) in [5.74, 6) is 0.452. The second-order valence-electron chi connectivity index (χ2n) is 7.25. The molecule has 3 rings (SSSR count). The molecule has 1 fully saturated rings. The third-order valence-electron chi connectivity index (χ3n) is 5.39. The first-order chi connectivity index (χ1) is 14.0. The Morgan fingerprint density at radius 1 is 1.03 bits per heavy atom. The second-order valence-corrected chi connectivity index (χ2v) is 7.25. The van der Waals surface area contributed by atoms with E-state index in [1.165, 1.54) is 0 Å². The maximum atomic E-state index is 12.6. The minimum Gasteiger partial charge on any atom is -0.497 e. The molecule has 0 unspecified atom stereocenters. The number of hydrogen-bond acceptors (Lipinski definition) is 4. The van der Waals surface area contributed by atoms with Crippen molar-refractivity contribution in [1.29, 1.82) is 0 Å². The van der Waals surface area contributed by atoms with Crippen LogP contribution < -0.4 is 15.0 Å². The number of rotatable bonds is 6. The Morgan fingerprint density at radius 3 is 2.34 bits per heavy atom. The number of hydrogen-bond donors (Lipinski definition) is 1. The summed E-state index contributed by atoms with van der Waals surface area (Å²) in [6.45, 7) is 6.74. The molecule has 1 saturated heterocycles. The summed E-state index contributed by atoms with van der Waals surface area (Å²) >= 11 is 0. The molecule has 0 atom stereocenters. The highest BCUT2D eigenvalue weighted by Gasteiger charge is 2.23. The van der Waals surface area contributed by atoms with Gasteiger partial charge >= 0.3 is 0 Å². The lowest BCUT2D eigenvalue weighted by Gasteiger charge is -2.36. The normalized spacial score (nSPS) is 13.9. The van der Waals surface area contributed by atoms with Gasteiger partial charge in [0, 0.05) is 37.6 Å². The van der Waals surface area contributed by atoms with E-state index in [1.807, 2.05) is 49.4 Å². The Kier molecular flexibility index (Phi) is 6.75. The summed E-state index contributed by atoms with van der Waals surface area (Å²) in [4.78, 5) is 29.1. The molecule has 0 radical (unpaired) electrons. The molecule has 1 aliphatic heterocycles. The number of piperazine rings is 1. The smallest absolute Gasteiger partial charge is 0.233 e. The van der Waals surface area contributed by atoms with Gasteiger partial charge in [0.2, 0.25) is 11.8 Å². The maximum Gasteiger partial charge on any atom is 0.233 e. The first-order valence-corrected chi connectivity index (χ1v) is 10.1. The lowest BCUT2D eigenvalue weighted by molar-refractivity contribution is -0.134. The summed E-state index contributed by atoms with van der Waals surface area (Å²) in [7, 11) is 1.65. The van der Waals surface area contributed by atoms with Gasteiger partial charge in [-0.15, -0.1) is 0 Å². The Bertz CT molecular complexity index is 856. The van der Waals surface area contributed by atoms with Gasteiger partial charge in [0.15, 0.2) is 0 Å². The number of nitrogens with one attached hydrogen (secondary N) is 1. The van der Waals surface area contributed by atoms with Crippen molar-refractivity contribution in [2.75, 3.05) is 43.5 Å². The van der Waals surface area contributed by atoms with E-state index in [4.69, 9.17) is 4.74 Å². The summed E-state index contributed by atoms with van der Waals surface area (Å²) in [6, 6.07) is 13.9. The molecule has 29 heavy (non-hydrogen) atoms. The average molecular weight is 396 g/mol. The third kappa shape index (κ3) is 5.08. The molecule has 0 spiro atoms. The van der Waals surface area contributed by atoms with E-state index in [1.54, 1.807) is 12.0 Å². The van der Waals surface area contributed by atoms with Gasteiger partial charge in [0.05, 0.1) is 7.11 Å². The molecular weight excluding hydrogens is 366 g/mol. The second kappa shape index (κ2) is 9.45. The fraction of sp³-hybridized carbons (Fsp3) is 0.391. The minimum atomic E-state index is -0.253. The van der Waals surface area contributed by atoms with Gasteiger partial charge < -0.3 is 19.9 Å². The number of anilines is 2. The lowest BCUT2D eigenvalue weighted by atomic mass is 10.1. The van der Waals surface area contributed by atoms with Crippen molar-refractivity contribution in [3.05, 3.63) is 53.6 Å². The van der Waals surface area contributed by atoms with Crippen LogP contribution in [0.4, 0.5) is 11.4 Å². The Balaban J connectivity index is 1.52. The van der Waals surface area contributed by atoms with E-state index >= 15 is 0 Å². The fourth-order valence-corrected chi connectivity index (χ4v) is 3.64. The van der Waals surface area contributed by atoms with Crippen LogP contribution in [0.5, 0.6) is 5.75 Å². The number of amides is 2. The topological polar surface area (TPSA) is 61.9 Å². The third-order valence-corrected chi connectivity index (χ3v) is 5.39. The Hall–Kier alpha value is -3.02. The van der Waals surface area contributed by atoms with Crippen LogP contribution in [0.1, 0.15) is 24.5 Å². The van der Waals surface area contributed by atoms with Crippen LogP contribution in [-0.4, -0.2) is 50.0 Å². The molecule has 6 nitrogen and oxygen atoms in total. The van der Waals surface area contributed by atoms with Crippen molar-refractivity contribution in [2.24, 2.45) is 0 Å². The minimum absolute atomic E-state index is 0.122. The number of methoxy groups -OCH3 is 1. The average Bonchev–Trinajstić information content (AvgIpc) is 2.75. The van der Waals surface area contributed by atoms with Gasteiger partial charge in [-0.05, 0) is 48.7 Å². The summed E-state index contributed by atoms with van der Waals surface area (Å²) in [5, 5.41) is 2.94. The monoisotopic (exact) mass is 395 g/mol. The van der Waals surface area contributed by atoms with Gasteiger partial charge in [-0.25, -0.2) is 0 Å². The van der Waals surface area contributed by atoms with Crippen LogP contribution in [0.15, 0.2) is 42.5 Å². The molecule has 1 aliphatic rings. The number of aryl methyl sites for hydroxylation is 2. The van der Waals surface area contributed by atoms with E-state index in [0.717, 1.165) is 47.8 Å². The molecule has 0 aliphatic carbocycles. The van der Waals surface area contributed by atoms with Crippen LogP contribution >= 0.6 is 0 Å². The standard InChI is InChI=1S/C23H29N3O3/c1-4-18-7-5-6-17(2)23(18)24-21(27)16-22(28)26-14-12-25(13-15-26)19-8-10-20(29-3)11-9-19/h5-11H,4,12-16H2,1-3H3,(H,24,27). The lowest BCUT2D eigenvalue weighted by Crippen LogP contribution is -2.49. The van der Waals surface area contributed by atoms with Gasteiger partial charge in [-0.2, -0.15) is 0 Å². The highest BCUT2D eigenvalue weighted by atomic mass is 16.5. The van der Waals surface area contributed by atoms with Gasteiger partial charge in [0.25, 0.3) is 0 Å². The van der Waals surface area contributed by atoms with Crippen LogP contribution in [0, 0.1) is 6.92 Å². The highest BCUT2D eigenvalue weighted by molar-refractivity contribution is 6.04. The van der Waals surface area contributed by atoms with Crippen molar-refractivity contribution < 1.29 is 14.3 Å². The molecule has 2 amide bonds. The predicted molar refractivity (Wildman–Crippen MR) is 116 cm³/mol. The summed E-state index contributed by atoms with van der Waals surface area (Å²) in [6.07, 6.45) is 0.707. The molecule has 6 heteroatoms. The first-order valence-electron chi connectivity index (χ1n) is 10.1. The fourth-order valence-electron chi connectivity index (χ4n) is 3.64. The van der Waals surface area contributed by atoms with E-state index in [0.29, 0.717) is 13.1 Å². The molecule has 154 valence electrons. The number of carbonyl (C=O) groups excluding carboxylic acids is 2. The quantitative estimate of drug-likeness (QED) is 0.763. The van der Waals surface area contributed by atoms with Crippen molar-refractivity contribution in [2.45, 2.75) is 26.7 Å². The number of para-hydroxylation sites is 1. The Labute approximate surface area is 172 Å². The SMILES string of the molecule is CCc1cccc(C)c1NC(=O)CC(=O)N1CCN(c2ccc(OC)cc2)CC1. The highest BCUT2D eigenvalue weighted by Crippen LogP contribution is 2.22. The van der Waals surface area contributed by atoms with Gasteiger partial charge in [-0.1, -0.05) is 25.1 Å². The zero-order valence-electron chi connectivity index (χ0n) is 17.4. The number of benzene rings is 2. The number of nitrogens with zero attached hydrogens (tertiary/aromatic N) is 2. The van der Waals surface area contributed by atoms with Crippen LogP contribution in [0.25, 0.3) is 0 Å². The predicted octanol–water partition coefficient (Wildman–Crippen LogP) is 3.24. The van der Waals surface area contributed by atoms with Crippen molar-refractivity contribution in [3.63, 3.8) is 0 Å². The van der Waals surface area contributed by atoms with E-state index in [-0.39, 0.29) is 18.2 Å². The van der Waals surface area contributed by atoms with Crippen LogP contribution in [0.2, 0.25) is 0 Å². The number of ether oxygens (including phenoxy) is 1. The molecule has 2 aromatic carbocycles.